The van der Waals surface area contributed by atoms with E-state index < -0.39 is 6.04 Å². The van der Waals surface area contributed by atoms with Gasteiger partial charge in [0.2, 0.25) is 5.91 Å². The van der Waals surface area contributed by atoms with Crippen molar-refractivity contribution in [1.29, 1.82) is 0 Å². The van der Waals surface area contributed by atoms with Crippen LogP contribution in [0.3, 0.4) is 0 Å². The molecule has 1 aromatic carbocycles. The number of amides is 1. The second-order valence-electron chi connectivity index (χ2n) is 4.38. The summed E-state index contributed by atoms with van der Waals surface area (Å²) in [5, 5.41) is 2.89. The summed E-state index contributed by atoms with van der Waals surface area (Å²) in [5.74, 6) is -0.118. The Kier molecular flexibility index (Phi) is 4.07. The first-order chi connectivity index (χ1) is 7.41. The molecular weight excluding hydrogens is 200 g/mol. The van der Waals surface area contributed by atoms with E-state index in [2.05, 4.69) is 37.4 Å². The topological polar surface area (TPSA) is 55.1 Å². The Hall–Kier alpha value is -1.35. The number of carbonyl (C=O) groups is 1. The molecule has 88 valence electrons. The Morgan fingerprint density at radius 2 is 1.94 bits per heavy atom. The van der Waals surface area contributed by atoms with Crippen molar-refractivity contribution in [2.24, 2.45) is 5.73 Å². The molecule has 3 N–H and O–H groups in total. The number of nitrogens with one attached hydrogen (secondary N) is 1. The summed E-state index contributed by atoms with van der Waals surface area (Å²) in [4.78, 5) is 11.5. The number of hydrogen-bond donors (Lipinski definition) is 2. The van der Waals surface area contributed by atoms with Crippen LogP contribution in [-0.2, 0) is 4.79 Å². The third-order valence-electron chi connectivity index (χ3n) is 2.66. The highest BCUT2D eigenvalue weighted by atomic mass is 16.2. The number of nitrogens with two attached hydrogens (primary N) is 1. The molecule has 0 fully saturated rings. The Morgan fingerprint density at radius 1 is 1.31 bits per heavy atom. The van der Waals surface area contributed by atoms with Crippen molar-refractivity contribution in [2.45, 2.75) is 39.8 Å². The van der Waals surface area contributed by atoms with Crippen LogP contribution in [-0.4, -0.2) is 11.9 Å². The molecule has 0 radical (unpaired) electrons. The smallest absolute Gasteiger partial charge is 0.237 e. The van der Waals surface area contributed by atoms with Crippen LogP contribution in [0.25, 0.3) is 0 Å². The van der Waals surface area contributed by atoms with Crippen molar-refractivity contribution in [3.63, 3.8) is 0 Å². The monoisotopic (exact) mass is 220 g/mol. The molecule has 1 unspecified atom stereocenters. The molecule has 2 atom stereocenters. The summed E-state index contributed by atoms with van der Waals surface area (Å²) in [5.41, 5.74) is 9.07. The number of carbonyl (C=O) groups excluding carboxylic acids is 1. The third kappa shape index (κ3) is 3.07. The molecule has 16 heavy (non-hydrogen) atoms. The lowest BCUT2D eigenvalue weighted by molar-refractivity contribution is -0.122. The van der Waals surface area contributed by atoms with Crippen molar-refractivity contribution in [3.8, 4) is 0 Å². The molecule has 3 heteroatoms. The number of aryl methyl sites for hydroxylation is 2. The van der Waals surface area contributed by atoms with Crippen LogP contribution >= 0.6 is 0 Å². The molecule has 0 spiro atoms. The Morgan fingerprint density at radius 3 is 2.44 bits per heavy atom. The van der Waals surface area contributed by atoms with Crippen molar-refractivity contribution in [1.82, 2.24) is 5.32 Å². The van der Waals surface area contributed by atoms with Gasteiger partial charge in [0.15, 0.2) is 0 Å². The van der Waals surface area contributed by atoms with Gasteiger partial charge >= 0.3 is 0 Å². The summed E-state index contributed by atoms with van der Waals surface area (Å²) in [6, 6.07) is 5.75. The van der Waals surface area contributed by atoms with E-state index in [1.165, 1.54) is 11.1 Å². The van der Waals surface area contributed by atoms with Crippen LogP contribution in [0.5, 0.6) is 0 Å². The molecule has 0 aliphatic rings. The molecule has 0 aliphatic heterocycles. The Bertz CT molecular complexity index is 386. The SMILES string of the molecule is Cc1ccc(C(C)NC(=O)[C@@H](C)N)c(C)c1. The fourth-order valence-corrected chi connectivity index (χ4v) is 1.73. The maximum Gasteiger partial charge on any atom is 0.237 e. The predicted octanol–water partition coefficient (Wildman–Crippen LogP) is 1.83. The molecule has 1 rings (SSSR count). The van der Waals surface area contributed by atoms with Crippen LogP contribution < -0.4 is 11.1 Å². The molecule has 1 aromatic rings. The van der Waals surface area contributed by atoms with Gasteiger partial charge in [-0.2, -0.15) is 0 Å². The first kappa shape index (κ1) is 12.7. The Labute approximate surface area is 97.0 Å². The van der Waals surface area contributed by atoms with E-state index in [1.807, 2.05) is 6.92 Å². The highest BCUT2D eigenvalue weighted by Crippen LogP contribution is 2.18. The minimum Gasteiger partial charge on any atom is -0.348 e. The molecule has 3 nitrogen and oxygen atoms in total. The molecule has 0 bridgehead atoms. The molecule has 0 heterocycles. The van der Waals surface area contributed by atoms with Gasteiger partial charge in [0.25, 0.3) is 0 Å². The normalized spacial score (nSPS) is 14.3. The number of rotatable bonds is 3. The highest BCUT2D eigenvalue weighted by Gasteiger charge is 2.13. The van der Waals surface area contributed by atoms with Gasteiger partial charge in [-0.1, -0.05) is 23.8 Å². The van der Waals surface area contributed by atoms with Crippen LogP contribution in [0, 0.1) is 13.8 Å². The van der Waals surface area contributed by atoms with Crippen LogP contribution in [0.1, 0.15) is 36.6 Å². The summed E-state index contributed by atoms with van der Waals surface area (Å²) in [6.07, 6.45) is 0. The van der Waals surface area contributed by atoms with Gasteiger partial charge in [-0.25, -0.2) is 0 Å². The van der Waals surface area contributed by atoms with Crippen LogP contribution in [0.15, 0.2) is 18.2 Å². The zero-order valence-corrected chi connectivity index (χ0v) is 10.4. The van der Waals surface area contributed by atoms with Crippen LogP contribution in [0.4, 0.5) is 0 Å². The van der Waals surface area contributed by atoms with Gasteiger partial charge in [0, 0.05) is 0 Å². The summed E-state index contributed by atoms with van der Waals surface area (Å²) < 4.78 is 0. The van der Waals surface area contributed by atoms with Crippen molar-refractivity contribution in [3.05, 3.63) is 34.9 Å². The maximum absolute atomic E-state index is 11.5. The second-order valence-corrected chi connectivity index (χ2v) is 4.38. The minimum atomic E-state index is -0.465. The molecule has 0 aromatic heterocycles. The summed E-state index contributed by atoms with van der Waals surface area (Å²) in [7, 11) is 0. The Balaban J connectivity index is 2.80. The molecule has 0 aliphatic carbocycles. The maximum atomic E-state index is 11.5. The number of benzene rings is 1. The fourth-order valence-electron chi connectivity index (χ4n) is 1.73. The van der Waals surface area contributed by atoms with E-state index in [0.29, 0.717) is 0 Å². The van der Waals surface area contributed by atoms with Gasteiger partial charge in [-0.15, -0.1) is 0 Å². The largest absolute Gasteiger partial charge is 0.348 e. The predicted molar refractivity (Wildman–Crippen MR) is 66.1 cm³/mol. The molecule has 0 saturated heterocycles. The molecule has 0 saturated carbocycles. The number of hydrogen-bond acceptors (Lipinski definition) is 2. The van der Waals surface area contributed by atoms with E-state index in [1.54, 1.807) is 6.92 Å². The van der Waals surface area contributed by atoms with E-state index in [-0.39, 0.29) is 11.9 Å². The van der Waals surface area contributed by atoms with Gasteiger partial charge < -0.3 is 11.1 Å². The standard InChI is InChI=1S/C13H20N2O/c1-8-5-6-12(9(2)7-8)11(4)15-13(16)10(3)14/h5-7,10-11H,14H2,1-4H3,(H,15,16)/t10-,11?/m1/s1. The van der Waals surface area contributed by atoms with Gasteiger partial charge in [-0.05, 0) is 38.8 Å². The lowest BCUT2D eigenvalue weighted by atomic mass is 10.00. The fraction of sp³-hybridized carbons (Fsp3) is 0.462. The van der Waals surface area contributed by atoms with Gasteiger partial charge in [0.1, 0.15) is 0 Å². The molecular formula is C13H20N2O. The molecule has 1 amide bonds. The van der Waals surface area contributed by atoms with Crippen LogP contribution in [0.2, 0.25) is 0 Å². The first-order valence-corrected chi connectivity index (χ1v) is 5.55. The van der Waals surface area contributed by atoms with Gasteiger partial charge in [-0.3, -0.25) is 4.79 Å². The third-order valence-corrected chi connectivity index (χ3v) is 2.66. The minimum absolute atomic E-state index is 0.000833. The zero-order chi connectivity index (χ0) is 12.3. The lowest BCUT2D eigenvalue weighted by Gasteiger charge is -2.18. The van der Waals surface area contributed by atoms with E-state index in [4.69, 9.17) is 5.73 Å². The van der Waals surface area contributed by atoms with Crippen molar-refractivity contribution in [2.75, 3.05) is 0 Å². The highest BCUT2D eigenvalue weighted by molar-refractivity contribution is 5.81. The average molecular weight is 220 g/mol. The van der Waals surface area contributed by atoms with E-state index in [9.17, 15) is 4.79 Å². The van der Waals surface area contributed by atoms with Crippen molar-refractivity contribution >= 4 is 5.91 Å². The summed E-state index contributed by atoms with van der Waals surface area (Å²) in [6.45, 7) is 7.76. The van der Waals surface area contributed by atoms with E-state index >= 15 is 0 Å². The lowest BCUT2D eigenvalue weighted by Crippen LogP contribution is -2.39. The second kappa shape index (κ2) is 5.12. The summed E-state index contributed by atoms with van der Waals surface area (Å²) >= 11 is 0. The van der Waals surface area contributed by atoms with Crippen molar-refractivity contribution < 1.29 is 4.79 Å². The van der Waals surface area contributed by atoms with Gasteiger partial charge in [0.05, 0.1) is 12.1 Å². The average Bonchev–Trinajstić information content (AvgIpc) is 2.16. The quantitative estimate of drug-likeness (QED) is 0.816. The zero-order valence-electron chi connectivity index (χ0n) is 10.4. The van der Waals surface area contributed by atoms with E-state index in [0.717, 1.165) is 5.56 Å². The first-order valence-electron chi connectivity index (χ1n) is 5.55.